The highest BCUT2D eigenvalue weighted by Gasteiger charge is 2.05. The van der Waals surface area contributed by atoms with E-state index in [1.165, 1.54) is 20.7 Å². The molecule has 0 N–H and O–H groups in total. The van der Waals surface area contributed by atoms with Gasteiger partial charge in [-0.3, -0.25) is 9.20 Å². The van der Waals surface area contributed by atoms with Crippen LogP contribution in [-0.2, 0) is 11.5 Å². The normalized spacial score (nSPS) is 11.2. The Balaban J connectivity index is 1.54. The van der Waals surface area contributed by atoms with Gasteiger partial charge < -0.3 is 0 Å². The Kier molecular flexibility index (Phi) is 4.47. The van der Waals surface area contributed by atoms with Crippen LogP contribution < -0.4 is 5.56 Å². The van der Waals surface area contributed by atoms with E-state index in [9.17, 15) is 4.79 Å². The molecule has 0 aliphatic rings. The molecular weight excluding hydrogens is 352 g/mol. The van der Waals surface area contributed by atoms with Gasteiger partial charge >= 0.3 is 0 Å². The molecule has 0 spiro atoms. The van der Waals surface area contributed by atoms with E-state index in [0.717, 1.165) is 11.4 Å². The molecule has 0 bridgehead atoms. The van der Waals surface area contributed by atoms with Gasteiger partial charge in [-0.2, -0.15) is 11.8 Å². The van der Waals surface area contributed by atoms with Crippen molar-refractivity contribution in [2.24, 2.45) is 0 Å². The van der Waals surface area contributed by atoms with Crippen molar-refractivity contribution in [2.75, 3.05) is 0 Å². The summed E-state index contributed by atoms with van der Waals surface area (Å²) in [5.74, 6) is 1.57. The van der Waals surface area contributed by atoms with Gasteiger partial charge in [0.1, 0.15) is 5.65 Å². The fourth-order valence-corrected chi connectivity index (χ4v) is 3.98. The van der Waals surface area contributed by atoms with E-state index in [1.54, 1.807) is 36.2 Å². The highest BCUT2D eigenvalue weighted by molar-refractivity contribution is 7.97. The summed E-state index contributed by atoms with van der Waals surface area (Å²) in [5, 5.41) is 3.05. The summed E-state index contributed by atoms with van der Waals surface area (Å²) >= 11 is 7.70. The zero-order chi connectivity index (χ0) is 17.2. The van der Waals surface area contributed by atoms with Crippen LogP contribution in [0.4, 0.5) is 0 Å². The van der Waals surface area contributed by atoms with Crippen LogP contribution in [0.1, 0.15) is 11.3 Å². The Bertz CT molecular complexity index is 1120. The standard InChI is InChI=1S/C20H15ClN2OS/c21-16-8-9-19-22-17(10-20(24)23(19)11-16)13-25-12-15-6-3-5-14-4-1-2-7-18(14)15/h1-11H,12-13H2. The van der Waals surface area contributed by atoms with E-state index in [0.29, 0.717) is 16.4 Å². The van der Waals surface area contributed by atoms with Gasteiger partial charge in [-0.25, -0.2) is 4.98 Å². The molecule has 3 nitrogen and oxygen atoms in total. The molecule has 0 aliphatic carbocycles. The third-order valence-corrected chi connectivity index (χ3v) is 5.30. The summed E-state index contributed by atoms with van der Waals surface area (Å²) in [6.45, 7) is 0. The first-order valence-electron chi connectivity index (χ1n) is 7.93. The summed E-state index contributed by atoms with van der Waals surface area (Å²) < 4.78 is 1.47. The van der Waals surface area contributed by atoms with Crippen molar-refractivity contribution in [3.05, 3.63) is 93.5 Å². The van der Waals surface area contributed by atoms with Crippen molar-refractivity contribution in [3.8, 4) is 0 Å². The molecule has 2 aromatic heterocycles. The van der Waals surface area contributed by atoms with E-state index in [1.807, 2.05) is 0 Å². The van der Waals surface area contributed by atoms with Gasteiger partial charge in [0.25, 0.3) is 5.56 Å². The molecule has 4 aromatic rings. The molecule has 124 valence electrons. The van der Waals surface area contributed by atoms with Crippen molar-refractivity contribution < 1.29 is 0 Å². The number of pyridine rings is 1. The lowest BCUT2D eigenvalue weighted by Crippen LogP contribution is -2.15. The predicted molar refractivity (Wildman–Crippen MR) is 105 cm³/mol. The van der Waals surface area contributed by atoms with E-state index in [4.69, 9.17) is 11.6 Å². The quantitative estimate of drug-likeness (QED) is 0.513. The highest BCUT2D eigenvalue weighted by Crippen LogP contribution is 2.24. The fourth-order valence-electron chi connectivity index (χ4n) is 2.88. The van der Waals surface area contributed by atoms with Crippen LogP contribution in [0.2, 0.25) is 5.02 Å². The minimum atomic E-state index is -0.103. The minimum Gasteiger partial charge on any atom is -0.269 e. The average molecular weight is 367 g/mol. The number of rotatable bonds is 4. The maximum atomic E-state index is 12.2. The average Bonchev–Trinajstić information content (AvgIpc) is 2.63. The molecule has 4 rings (SSSR count). The second-order valence-corrected chi connectivity index (χ2v) is 7.21. The molecule has 2 heterocycles. The SMILES string of the molecule is O=c1cc(CSCc2cccc3ccccc23)nc2ccc(Cl)cn12. The first-order chi connectivity index (χ1) is 12.2. The molecule has 0 saturated heterocycles. The fraction of sp³-hybridized carbons (Fsp3) is 0.100. The van der Waals surface area contributed by atoms with Crippen molar-refractivity contribution >= 4 is 39.8 Å². The topological polar surface area (TPSA) is 34.4 Å². The van der Waals surface area contributed by atoms with Crippen LogP contribution in [-0.4, -0.2) is 9.38 Å². The summed E-state index contributed by atoms with van der Waals surface area (Å²) in [6.07, 6.45) is 1.60. The Morgan fingerprint density at radius 3 is 2.76 bits per heavy atom. The van der Waals surface area contributed by atoms with E-state index >= 15 is 0 Å². The molecule has 2 aromatic carbocycles. The minimum absolute atomic E-state index is 0.103. The number of hydrogen-bond acceptors (Lipinski definition) is 3. The van der Waals surface area contributed by atoms with Gasteiger partial charge in [-0.05, 0) is 28.5 Å². The molecule has 25 heavy (non-hydrogen) atoms. The van der Waals surface area contributed by atoms with Gasteiger partial charge in [0, 0.05) is 23.8 Å². The Hall–Kier alpha value is -2.30. The number of benzene rings is 2. The van der Waals surface area contributed by atoms with Crippen LogP contribution >= 0.6 is 23.4 Å². The van der Waals surface area contributed by atoms with Gasteiger partial charge in [0.15, 0.2) is 0 Å². The molecule has 0 saturated carbocycles. The van der Waals surface area contributed by atoms with E-state index in [2.05, 4.69) is 47.4 Å². The number of nitrogens with zero attached hydrogens (tertiary/aromatic N) is 2. The summed E-state index contributed by atoms with van der Waals surface area (Å²) in [4.78, 5) is 16.8. The number of fused-ring (bicyclic) bond motifs is 2. The zero-order valence-electron chi connectivity index (χ0n) is 13.4. The molecule has 0 atom stereocenters. The molecule has 0 aliphatic heterocycles. The maximum absolute atomic E-state index is 12.2. The Morgan fingerprint density at radius 2 is 1.84 bits per heavy atom. The number of aromatic nitrogens is 2. The van der Waals surface area contributed by atoms with Crippen LogP contribution in [0, 0.1) is 0 Å². The third kappa shape index (κ3) is 3.41. The van der Waals surface area contributed by atoms with Gasteiger partial charge in [0.2, 0.25) is 0 Å². The first-order valence-corrected chi connectivity index (χ1v) is 9.46. The van der Waals surface area contributed by atoms with Crippen molar-refractivity contribution in [2.45, 2.75) is 11.5 Å². The predicted octanol–water partition coefficient (Wildman–Crippen LogP) is 4.93. The van der Waals surface area contributed by atoms with Gasteiger partial charge in [-0.1, -0.05) is 54.1 Å². The van der Waals surface area contributed by atoms with Crippen LogP contribution in [0.5, 0.6) is 0 Å². The number of thioether (sulfide) groups is 1. The Labute approximate surface area is 154 Å². The van der Waals surface area contributed by atoms with E-state index < -0.39 is 0 Å². The molecule has 0 fully saturated rings. The molecule has 0 amide bonds. The largest absolute Gasteiger partial charge is 0.269 e. The lowest BCUT2D eigenvalue weighted by Gasteiger charge is -2.07. The van der Waals surface area contributed by atoms with Crippen LogP contribution in [0.3, 0.4) is 0 Å². The number of halogens is 1. The monoisotopic (exact) mass is 366 g/mol. The van der Waals surface area contributed by atoms with Crippen LogP contribution in [0.15, 0.2) is 71.7 Å². The smallest absolute Gasteiger partial charge is 0.258 e. The second-order valence-electron chi connectivity index (χ2n) is 5.79. The zero-order valence-corrected chi connectivity index (χ0v) is 14.9. The maximum Gasteiger partial charge on any atom is 0.258 e. The summed E-state index contributed by atoms with van der Waals surface area (Å²) in [7, 11) is 0. The molecule has 0 unspecified atom stereocenters. The van der Waals surface area contributed by atoms with Crippen molar-refractivity contribution in [1.29, 1.82) is 0 Å². The lowest BCUT2D eigenvalue weighted by atomic mass is 10.1. The van der Waals surface area contributed by atoms with Gasteiger partial charge in [0.05, 0.1) is 10.7 Å². The van der Waals surface area contributed by atoms with Crippen molar-refractivity contribution in [1.82, 2.24) is 9.38 Å². The first kappa shape index (κ1) is 16.2. The summed E-state index contributed by atoms with van der Waals surface area (Å²) in [5.41, 5.74) is 2.61. The van der Waals surface area contributed by atoms with Crippen LogP contribution in [0.25, 0.3) is 16.4 Å². The molecule has 0 radical (unpaired) electrons. The van der Waals surface area contributed by atoms with Gasteiger partial charge in [-0.15, -0.1) is 0 Å². The van der Waals surface area contributed by atoms with E-state index in [-0.39, 0.29) is 5.56 Å². The summed E-state index contributed by atoms with van der Waals surface area (Å²) in [6, 6.07) is 19.9. The lowest BCUT2D eigenvalue weighted by molar-refractivity contribution is 1.01. The number of hydrogen-bond donors (Lipinski definition) is 0. The Morgan fingerprint density at radius 1 is 1.00 bits per heavy atom. The third-order valence-electron chi connectivity index (χ3n) is 4.06. The highest BCUT2D eigenvalue weighted by atomic mass is 35.5. The molecular formula is C20H15ClN2OS. The molecule has 5 heteroatoms. The second kappa shape index (κ2) is 6.90. The van der Waals surface area contributed by atoms with Crippen molar-refractivity contribution in [3.63, 3.8) is 0 Å².